The van der Waals surface area contributed by atoms with Crippen molar-refractivity contribution in [2.45, 2.75) is 222 Å². The van der Waals surface area contributed by atoms with Gasteiger partial charge in [0, 0.05) is 71.8 Å². The van der Waals surface area contributed by atoms with E-state index in [2.05, 4.69) is 33.0 Å². The van der Waals surface area contributed by atoms with Gasteiger partial charge in [-0.1, -0.05) is 66.9 Å². The van der Waals surface area contributed by atoms with Gasteiger partial charge < -0.3 is 43.7 Å². The Labute approximate surface area is 505 Å². The molecule has 3 N–H and O–H groups in total. The summed E-state index contributed by atoms with van der Waals surface area (Å²) in [4.78, 5) is 54.1. The number of carbonyl (C=O) groups is 5. The standard InChI is InChI=1S/C12H20O2.C12H18O2.C11H18O2.C8H14O.C8H12O.C6H13O5P.2CH4.BH.Li.H2O.U/c2*1-9(11(13)14-2)6-10-7-12(8-10)4-3-5-12;1-8(10(12)13)5-9-6-11(7-9)3-2-4-11;2*9-6-7-4-8(5-7)2-1-3-8;1-5(6(7)9-2)12(8,10-3)11-4;;;;;;/h9-10H,3-8H2,1-2H3;6,10H,3-5,7-8H2,1-2H3;8-9H,2-7H2,1H3,(H,12,13);7,9H,1-6H2;6-7H,1-5H2;5H,1-4H3;2*1H4;1H;;1H2;/q;;;;;;;;;+1;;/p-1/b;9-6+;;;;;;;;;;/i;;;;;;;;1D;;;. The minimum Gasteiger partial charge on any atom is -0.870 e. The molecule has 0 saturated heterocycles. The maximum atomic E-state index is 11.5. The summed E-state index contributed by atoms with van der Waals surface area (Å²) in [7, 11) is 7.02. The van der Waals surface area contributed by atoms with Crippen LogP contribution in [0.2, 0.25) is 0 Å². The van der Waals surface area contributed by atoms with Crippen molar-refractivity contribution in [1.82, 2.24) is 0 Å². The molecule has 0 aromatic rings. The van der Waals surface area contributed by atoms with Gasteiger partial charge in [0.1, 0.15) is 6.29 Å². The van der Waals surface area contributed by atoms with Gasteiger partial charge in [-0.05, 0) is 207 Å². The quantitative estimate of drug-likeness (QED) is 0.0413. The number of allylic oxidation sites excluding steroid dienone is 1. The molecule has 0 aromatic carbocycles. The number of methoxy groups -OCH3 is 3. The maximum absolute atomic E-state index is 11.5. The molecular weight excluding hydrogens is 1220 g/mol. The van der Waals surface area contributed by atoms with Crippen LogP contribution in [0.25, 0.3) is 0 Å². The van der Waals surface area contributed by atoms with Crippen molar-refractivity contribution < 1.29 is 117 Å². The zero-order chi connectivity index (χ0) is 54.3. The number of aliphatic carboxylic acids is 1. The second-order valence-corrected chi connectivity index (χ2v) is 27.4. The first kappa shape index (κ1) is 76.1. The molecule has 3 unspecified atom stereocenters. The predicted molar refractivity (Wildman–Crippen MR) is 297 cm³/mol. The van der Waals surface area contributed by atoms with Gasteiger partial charge >= 0.3 is 50.3 Å². The molecule has 10 aliphatic carbocycles. The van der Waals surface area contributed by atoms with Gasteiger partial charge in [-0.15, -0.1) is 0 Å². The fourth-order valence-electron chi connectivity index (χ4n) is 14.4. The average Bonchev–Trinajstić information content (AvgIpc) is 3.26. The zero-order valence-corrected chi connectivity index (χ0v) is 53.0. The van der Waals surface area contributed by atoms with E-state index in [1.165, 1.54) is 203 Å². The second-order valence-electron chi connectivity index (χ2n) is 24.8. The zero-order valence-electron chi connectivity index (χ0n) is 48.9. The smallest absolute Gasteiger partial charge is 0.870 e. The summed E-state index contributed by atoms with van der Waals surface area (Å²) in [5.74, 6) is 1.75. The summed E-state index contributed by atoms with van der Waals surface area (Å²) in [5.41, 5.74) is 3.45. The van der Waals surface area contributed by atoms with Crippen LogP contribution in [0.3, 0.4) is 0 Å². The summed E-state index contributed by atoms with van der Waals surface area (Å²) in [5, 5.41) is 17.5. The van der Waals surface area contributed by atoms with Crippen LogP contribution < -0.4 is 18.9 Å². The average molecular weight is 1330 g/mol. The van der Waals surface area contributed by atoms with Crippen molar-refractivity contribution in [3.63, 3.8) is 0 Å². The van der Waals surface area contributed by atoms with E-state index in [9.17, 15) is 28.5 Å². The number of carbonyl (C=O) groups excluding carboxylic acids is 4. The van der Waals surface area contributed by atoms with E-state index in [-0.39, 0.29) is 94.1 Å². The van der Waals surface area contributed by atoms with Crippen molar-refractivity contribution >= 4 is 46.1 Å². The fourth-order valence-corrected chi connectivity index (χ4v) is 15.5. The van der Waals surface area contributed by atoms with E-state index >= 15 is 0 Å². The van der Waals surface area contributed by atoms with Gasteiger partial charge in [0.25, 0.3) is 0 Å². The van der Waals surface area contributed by atoms with E-state index in [1.807, 2.05) is 20.8 Å². The number of hydrogen-bond donors (Lipinski definition) is 2. The molecule has 2 radical (unpaired) electrons. The molecule has 3 atom stereocenters. The van der Waals surface area contributed by atoms with Gasteiger partial charge in [-0.3, -0.25) is 18.9 Å². The number of hydrogen-bond acceptors (Lipinski definition) is 13. The van der Waals surface area contributed by atoms with E-state index < -0.39 is 25.2 Å². The number of carboxylic acid groups (broad SMARTS) is 1. The Morgan fingerprint density at radius 2 is 0.922 bits per heavy atom. The topological polar surface area (TPSA) is 219 Å². The molecule has 77 heavy (non-hydrogen) atoms. The number of aliphatic hydroxyl groups is 1. The Kier molecular flexibility index (Phi) is 34.2. The Morgan fingerprint density at radius 3 is 1.19 bits per heavy atom. The van der Waals surface area contributed by atoms with Gasteiger partial charge in [-0.2, -0.15) is 0 Å². The number of carboxylic acids is 1. The maximum Gasteiger partial charge on any atom is 1.00 e. The number of rotatable bonds is 14. The first-order valence-corrected chi connectivity index (χ1v) is 29.2. The molecule has 14 nitrogen and oxygen atoms in total. The third-order valence-electron chi connectivity index (χ3n) is 19.6. The second kappa shape index (κ2) is 34.6. The van der Waals surface area contributed by atoms with Crippen LogP contribution in [0.1, 0.15) is 216 Å². The van der Waals surface area contributed by atoms with Crippen LogP contribution in [-0.4, -0.2) is 103 Å². The molecule has 10 rings (SSSR count). The van der Waals surface area contributed by atoms with Crippen LogP contribution in [-0.2, 0) is 51.8 Å². The van der Waals surface area contributed by atoms with Crippen molar-refractivity contribution in [2.75, 3.05) is 42.2 Å². The molecule has 18 heteroatoms. The molecule has 10 fully saturated rings. The van der Waals surface area contributed by atoms with Crippen LogP contribution >= 0.6 is 7.60 Å². The molecule has 0 heterocycles. The summed E-state index contributed by atoms with van der Waals surface area (Å²) < 4.78 is 39.8. The molecule has 5 spiro atoms. The minimum atomic E-state index is -3.32. The molecule has 438 valence electrons. The van der Waals surface area contributed by atoms with Gasteiger partial charge in [-0.25, -0.2) is 4.79 Å². The third kappa shape index (κ3) is 20.7. The van der Waals surface area contributed by atoms with E-state index in [0.717, 1.165) is 41.4 Å². The monoisotopic (exact) mass is 1330 g/mol. The van der Waals surface area contributed by atoms with Crippen molar-refractivity contribution in [3.8, 4) is 0 Å². The molecule has 10 saturated carbocycles. The predicted octanol–water partition coefficient (Wildman–Crippen LogP) is 9.94. The largest absolute Gasteiger partial charge is 1.00 e. The fraction of sp³-hybridized carbons (Fsp3) is 0.881. The van der Waals surface area contributed by atoms with Crippen LogP contribution in [0.4, 0.5) is 0 Å². The van der Waals surface area contributed by atoms with E-state index in [1.54, 1.807) is 0 Å². The SMILES string of the molecule is C.C.CC(CC1CC2(CCC2)C1)C(=O)O.COC(=O)/C(C)=C/C1CC2(CCC2)C1.COC(=O)C(C)CC1CC2(CCC2)C1.COC(=O)C(C)P(=O)(OC)OC.O=CC1CC2(CCC2)C1.OCC1CC2(CCC2)C1.[2H][B].[Li+].[OH-].[U]. The summed E-state index contributed by atoms with van der Waals surface area (Å²) in [6.45, 7) is 7.52. The van der Waals surface area contributed by atoms with E-state index in [4.69, 9.17) is 16.3 Å². The molecule has 10 aliphatic rings. The van der Waals surface area contributed by atoms with Gasteiger partial charge in [0.15, 0.2) is 5.66 Å². The molecule has 0 amide bonds. The molecular formula is C59H105BLiO14PU. The Balaban J connectivity index is 0. The van der Waals surface area contributed by atoms with Crippen molar-refractivity contribution in [2.24, 2.45) is 68.5 Å². The van der Waals surface area contributed by atoms with E-state index in [0.29, 0.717) is 46.5 Å². The van der Waals surface area contributed by atoms with Crippen molar-refractivity contribution in [1.29, 1.82) is 1.34 Å². The Hall–Kier alpha value is -0.926. The minimum absolute atomic E-state index is 0. The summed E-state index contributed by atoms with van der Waals surface area (Å²) in [6.07, 6.45) is 39.5. The van der Waals surface area contributed by atoms with Crippen LogP contribution in [0, 0.1) is 99.6 Å². The Bertz CT molecular complexity index is 1840. The van der Waals surface area contributed by atoms with Crippen LogP contribution in [0.15, 0.2) is 11.6 Å². The summed E-state index contributed by atoms with van der Waals surface area (Å²) in [6, 6.07) is 0. The Morgan fingerprint density at radius 1 is 0.597 bits per heavy atom. The molecule has 0 aliphatic heterocycles. The number of aliphatic hydroxyl groups excluding tert-OH is 1. The van der Waals surface area contributed by atoms with Gasteiger partial charge in [0.2, 0.25) is 0 Å². The number of ether oxygens (including phenoxy) is 3. The van der Waals surface area contributed by atoms with Gasteiger partial charge in [0.05, 0.1) is 33.2 Å². The summed E-state index contributed by atoms with van der Waals surface area (Å²) >= 11 is 0. The first-order valence-electron chi connectivity index (χ1n) is 28.1. The molecule has 0 aromatic heterocycles. The third-order valence-corrected chi connectivity index (χ3v) is 21.7. The first-order chi connectivity index (χ1) is 34.6. The molecule has 0 bridgehead atoms. The number of aldehydes is 1. The normalized spacial score (nSPS) is 26.5. The van der Waals surface area contributed by atoms with Crippen LogP contribution in [0.5, 0.6) is 0 Å². The number of esters is 3. The van der Waals surface area contributed by atoms with Crippen molar-refractivity contribution in [3.05, 3.63) is 11.6 Å².